The van der Waals surface area contributed by atoms with Crippen molar-refractivity contribution in [2.75, 3.05) is 31.6 Å². The lowest BCUT2D eigenvalue weighted by molar-refractivity contribution is -0.118. The summed E-state index contributed by atoms with van der Waals surface area (Å²) in [6.45, 7) is 2.86. The number of rotatable bonds is 5. The number of anilines is 1. The van der Waals surface area contributed by atoms with Gasteiger partial charge in [0.15, 0.2) is 0 Å². The van der Waals surface area contributed by atoms with Crippen molar-refractivity contribution in [2.45, 2.75) is 31.8 Å². The number of hydrogen-bond donors (Lipinski definition) is 1. The number of aromatic nitrogens is 1. The number of fused-ring (bicyclic) bond motifs is 2. The van der Waals surface area contributed by atoms with Gasteiger partial charge in [-0.3, -0.25) is 9.59 Å². The van der Waals surface area contributed by atoms with Gasteiger partial charge in [-0.15, -0.1) is 0 Å². The zero-order valence-electron chi connectivity index (χ0n) is 18.2. The van der Waals surface area contributed by atoms with E-state index in [9.17, 15) is 9.59 Å². The van der Waals surface area contributed by atoms with Crippen LogP contribution in [0.4, 0.5) is 5.69 Å². The lowest BCUT2D eigenvalue weighted by atomic mass is 10.0. The molecule has 5 rings (SSSR count). The molecular formula is C25H27ClN4O2. The van der Waals surface area contributed by atoms with Crippen molar-refractivity contribution in [2.24, 2.45) is 0 Å². The SMILES string of the molecule is CNCCn1cc(C(=O)N2CCC(N3C(=O)Cc4ccccc43)CC2)c2ccc(Cl)cc21. The smallest absolute Gasteiger partial charge is 0.256 e. The van der Waals surface area contributed by atoms with Gasteiger partial charge in [-0.05, 0) is 43.7 Å². The Hall–Kier alpha value is -2.83. The van der Waals surface area contributed by atoms with Crippen molar-refractivity contribution < 1.29 is 9.59 Å². The third-order valence-electron chi connectivity index (χ3n) is 6.66. The van der Waals surface area contributed by atoms with Crippen LogP contribution in [0.25, 0.3) is 10.9 Å². The summed E-state index contributed by atoms with van der Waals surface area (Å²) >= 11 is 6.23. The van der Waals surface area contributed by atoms with Crippen LogP contribution in [0.15, 0.2) is 48.7 Å². The highest BCUT2D eigenvalue weighted by atomic mass is 35.5. The van der Waals surface area contributed by atoms with Gasteiger partial charge in [0, 0.05) is 54.5 Å². The molecule has 1 saturated heterocycles. The predicted octanol–water partition coefficient (Wildman–Crippen LogP) is 3.71. The quantitative estimate of drug-likeness (QED) is 0.644. The van der Waals surface area contributed by atoms with Gasteiger partial charge < -0.3 is 19.7 Å². The number of nitrogens with zero attached hydrogens (tertiary/aromatic N) is 3. The summed E-state index contributed by atoms with van der Waals surface area (Å²) in [6.07, 6.45) is 4.00. The van der Waals surface area contributed by atoms with Crippen LogP contribution in [0.1, 0.15) is 28.8 Å². The second-order valence-electron chi connectivity index (χ2n) is 8.59. The molecule has 1 fully saturated rings. The minimum Gasteiger partial charge on any atom is -0.345 e. The molecule has 0 radical (unpaired) electrons. The lowest BCUT2D eigenvalue weighted by Crippen LogP contribution is -2.48. The van der Waals surface area contributed by atoms with E-state index in [2.05, 4.69) is 9.88 Å². The number of carbonyl (C=O) groups is 2. The predicted molar refractivity (Wildman–Crippen MR) is 127 cm³/mol. The average Bonchev–Trinajstić information content (AvgIpc) is 3.33. The minimum absolute atomic E-state index is 0.0483. The molecule has 3 aromatic rings. The Labute approximate surface area is 192 Å². The van der Waals surface area contributed by atoms with Gasteiger partial charge in [-0.25, -0.2) is 0 Å². The number of benzene rings is 2. The van der Waals surface area contributed by atoms with Gasteiger partial charge in [-0.2, -0.15) is 0 Å². The summed E-state index contributed by atoms with van der Waals surface area (Å²) in [7, 11) is 1.92. The highest BCUT2D eigenvalue weighted by molar-refractivity contribution is 6.31. The molecule has 0 atom stereocenters. The largest absolute Gasteiger partial charge is 0.345 e. The molecule has 32 heavy (non-hydrogen) atoms. The Kier molecular flexibility index (Phi) is 5.66. The first kappa shape index (κ1) is 21.0. The van der Waals surface area contributed by atoms with Crippen molar-refractivity contribution in [3.8, 4) is 0 Å². The second-order valence-corrected chi connectivity index (χ2v) is 9.03. The molecule has 1 N–H and O–H groups in total. The van der Waals surface area contributed by atoms with Crippen LogP contribution in [0.2, 0.25) is 5.02 Å². The molecule has 2 amide bonds. The second kappa shape index (κ2) is 8.60. The third-order valence-corrected chi connectivity index (χ3v) is 6.89. The Morgan fingerprint density at radius 3 is 2.72 bits per heavy atom. The number of amides is 2. The van der Waals surface area contributed by atoms with E-state index >= 15 is 0 Å². The number of piperidine rings is 1. The zero-order valence-corrected chi connectivity index (χ0v) is 18.9. The van der Waals surface area contributed by atoms with Crippen molar-refractivity contribution in [3.05, 3.63) is 64.8 Å². The van der Waals surface area contributed by atoms with Crippen LogP contribution in [0, 0.1) is 0 Å². The number of hydrogen-bond acceptors (Lipinski definition) is 3. The molecule has 1 aromatic heterocycles. The van der Waals surface area contributed by atoms with Gasteiger partial charge >= 0.3 is 0 Å². The van der Waals surface area contributed by atoms with E-state index < -0.39 is 0 Å². The van der Waals surface area contributed by atoms with Crippen LogP contribution in [-0.4, -0.2) is 54.0 Å². The molecule has 0 saturated carbocycles. The molecule has 0 spiro atoms. The summed E-state index contributed by atoms with van der Waals surface area (Å²) in [5, 5.41) is 4.75. The Bertz CT molecular complexity index is 1180. The van der Waals surface area contributed by atoms with E-state index in [-0.39, 0.29) is 17.9 Å². The van der Waals surface area contributed by atoms with E-state index in [4.69, 9.17) is 11.6 Å². The number of para-hydroxylation sites is 1. The van der Waals surface area contributed by atoms with E-state index in [1.54, 1.807) is 0 Å². The maximum Gasteiger partial charge on any atom is 0.256 e. The van der Waals surface area contributed by atoms with Crippen LogP contribution in [-0.2, 0) is 17.8 Å². The Morgan fingerprint density at radius 1 is 1.16 bits per heavy atom. The van der Waals surface area contributed by atoms with Gasteiger partial charge in [-0.1, -0.05) is 35.9 Å². The van der Waals surface area contributed by atoms with Gasteiger partial charge in [0.1, 0.15) is 0 Å². The fourth-order valence-corrected chi connectivity index (χ4v) is 5.19. The monoisotopic (exact) mass is 450 g/mol. The average molecular weight is 451 g/mol. The topological polar surface area (TPSA) is 57.6 Å². The summed E-state index contributed by atoms with van der Waals surface area (Å²) < 4.78 is 2.09. The molecule has 2 aromatic carbocycles. The summed E-state index contributed by atoms with van der Waals surface area (Å²) in [5.74, 6) is 0.215. The summed E-state index contributed by atoms with van der Waals surface area (Å²) in [5.41, 5.74) is 3.83. The number of carbonyl (C=O) groups excluding carboxylic acids is 2. The van der Waals surface area contributed by atoms with Crippen molar-refractivity contribution in [1.29, 1.82) is 0 Å². The number of likely N-dealkylation sites (N-methyl/N-ethyl adjacent to an activating group) is 1. The molecule has 0 aliphatic carbocycles. The molecule has 7 heteroatoms. The lowest BCUT2D eigenvalue weighted by Gasteiger charge is -2.37. The normalized spacial score (nSPS) is 16.8. The first-order valence-corrected chi connectivity index (χ1v) is 11.6. The summed E-state index contributed by atoms with van der Waals surface area (Å²) in [6, 6.07) is 13.9. The van der Waals surface area contributed by atoms with Gasteiger partial charge in [0.25, 0.3) is 5.91 Å². The maximum atomic E-state index is 13.5. The number of halogens is 1. The third kappa shape index (κ3) is 3.67. The molecule has 0 bridgehead atoms. The van der Waals surface area contributed by atoms with Gasteiger partial charge in [0.05, 0.1) is 17.5 Å². The van der Waals surface area contributed by atoms with Crippen molar-refractivity contribution >= 4 is 40.0 Å². The van der Waals surface area contributed by atoms with Gasteiger partial charge in [0.2, 0.25) is 5.91 Å². The Balaban J connectivity index is 1.34. The van der Waals surface area contributed by atoms with Crippen molar-refractivity contribution in [1.82, 2.24) is 14.8 Å². The van der Waals surface area contributed by atoms with Crippen LogP contribution in [0.5, 0.6) is 0 Å². The van der Waals surface area contributed by atoms with Crippen LogP contribution >= 0.6 is 11.6 Å². The molecule has 2 aliphatic heterocycles. The standard InChI is InChI=1S/C25H27ClN4O2/c1-27-10-13-29-16-21(20-7-6-18(26)15-23(20)29)25(32)28-11-8-19(9-12-28)30-22-5-3-2-4-17(22)14-24(30)31/h2-7,15-16,19,27H,8-14H2,1H3. The fourth-order valence-electron chi connectivity index (χ4n) is 5.03. The number of likely N-dealkylation sites (tertiary alicyclic amines) is 1. The molecule has 166 valence electrons. The highest BCUT2D eigenvalue weighted by Gasteiger charge is 2.35. The minimum atomic E-state index is 0.0483. The Morgan fingerprint density at radius 2 is 1.94 bits per heavy atom. The molecule has 6 nitrogen and oxygen atoms in total. The molecule has 2 aliphatic rings. The van der Waals surface area contributed by atoms with Crippen LogP contribution in [0.3, 0.4) is 0 Å². The highest BCUT2D eigenvalue weighted by Crippen LogP contribution is 2.34. The summed E-state index contributed by atoms with van der Waals surface area (Å²) in [4.78, 5) is 30.0. The maximum absolute atomic E-state index is 13.5. The molecular weight excluding hydrogens is 424 g/mol. The van der Waals surface area contributed by atoms with Crippen molar-refractivity contribution in [3.63, 3.8) is 0 Å². The van der Waals surface area contributed by atoms with E-state index in [0.717, 1.165) is 48.1 Å². The molecule has 3 heterocycles. The zero-order chi connectivity index (χ0) is 22.2. The first-order chi connectivity index (χ1) is 15.6. The van der Waals surface area contributed by atoms with Crippen LogP contribution < -0.4 is 10.2 Å². The van der Waals surface area contributed by atoms with E-state index in [1.165, 1.54) is 0 Å². The van der Waals surface area contributed by atoms with E-state index in [0.29, 0.717) is 30.1 Å². The number of nitrogens with one attached hydrogen (secondary N) is 1. The fraction of sp³-hybridized carbons (Fsp3) is 0.360. The van der Waals surface area contributed by atoms with E-state index in [1.807, 2.05) is 65.5 Å². The molecule has 0 unspecified atom stereocenters. The first-order valence-electron chi connectivity index (χ1n) is 11.2.